The van der Waals surface area contributed by atoms with Gasteiger partial charge in [0, 0.05) is 19.2 Å². The number of rotatable bonds is 6. The van der Waals surface area contributed by atoms with Gasteiger partial charge in [0.1, 0.15) is 5.82 Å². The molecule has 18 heavy (non-hydrogen) atoms. The van der Waals surface area contributed by atoms with Gasteiger partial charge in [0.15, 0.2) is 0 Å². The fourth-order valence-electron chi connectivity index (χ4n) is 1.58. The Hall–Kier alpha value is -1.13. The van der Waals surface area contributed by atoms with Crippen LogP contribution in [-0.2, 0) is 4.74 Å². The van der Waals surface area contributed by atoms with E-state index in [0.717, 1.165) is 5.56 Å². The second-order valence-electron chi connectivity index (χ2n) is 4.11. The van der Waals surface area contributed by atoms with Crippen LogP contribution in [0.25, 0.3) is 0 Å². The average Bonchev–Trinajstić information content (AvgIpc) is 2.27. The van der Waals surface area contributed by atoms with Crippen molar-refractivity contribution < 1.29 is 13.9 Å². The molecule has 1 N–H and O–H groups in total. The quantitative estimate of drug-likeness (QED) is 0.809. The predicted molar refractivity (Wildman–Crippen MR) is 69.6 cm³/mol. The Balaban J connectivity index is 2.45. The predicted octanol–water partition coefficient (Wildman–Crippen LogP) is 2.51. The topological polar surface area (TPSA) is 38.3 Å². The molecule has 0 saturated heterocycles. The van der Waals surface area contributed by atoms with Crippen molar-refractivity contribution in [1.82, 2.24) is 5.32 Å². The molecule has 0 aromatic heterocycles. The molecule has 0 bridgehead atoms. The van der Waals surface area contributed by atoms with E-state index in [0.29, 0.717) is 25.1 Å². The third kappa shape index (κ3) is 5.02. The second kappa shape index (κ2) is 7.34. The molecule has 1 rings (SSSR count). The highest BCUT2D eigenvalue weighted by atomic mass is 35.5. The molecule has 0 aliphatic heterocycles. The van der Waals surface area contributed by atoms with Gasteiger partial charge in [-0.1, -0.05) is 0 Å². The smallest absolute Gasteiger partial charge is 0.251 e. The van der Waals surface area contributed by atoms with Gasteiger partial charge in [0.05, 0.1) is 12.0 Å². The Morgan fingerprint density at radius 3 is 2.83 bits per heavy atom. The van der Waals surface area contributed by atoms with Crippen LogP contribution in [0.1, 0.15) is 22.3 Å². The molecule has 1 unspecified atom stereocenters. The number of hydrogen-bond acceptors (Lipinski definition) is 2. The van der Waals surface area contributed by atoms with Gasteiger partial charge in [-0.25, -0.2) is 4.39 Å². The molecule has 0 fully saturated rings. The number of halogens is 2. The molecule has 5 heteroatoms. The fourth-order valence-corrected chi connectivity index (χ4v) is 1.81. The van der Waals surface area contributed by atoms with E-state index in [1.165, 1.54) is 12.1 Å². The largest absolute Gasteiger partial charge is 0.383 e. The Morgan fingerprint density at radius 1 is 1.50 bits per heavy atom. The van der Waals surface area contributed by atoms with Crippen molar-refractivity contribution in [2.75, 3.05) is 20.3 Å². The summed E-state index contributed by atoms with van der Waals surface area (Å²) in [7, 11) is 1.57. The summed E-state index contributed by atoms with van der Waals surface area (Å²) in [6.45, 7) is 2.62. The van der Waals surface area contributed by atoms with Gasteiger partial charge in [-0.05, 0) is 37.1 Å². The molecule has 0 aliphatic rings. The lowest BCUT2D eigenvalue weighted by Crippen LogP contribution is -2.27. The molecule has 1 aromatic rings. The summed E-state index contributed by atoms with van der Waals surface area (Å²) in [6, 6.07) is 4.24. The summed E-state index contributed by atoms with van der Waals surface area (Å²) in [5.41, 5.74) is 1.04. The number of carbonyl (C=O) groups is 1. The SMILES string of the molecule is COCC(Cl)CCNC(=O)c1cc(C)cc(F)c1. The van der Waals surface area contributed by atoms with Gasteiger partial charge in [-0.15, -0.1) is 11.6 Å². The van der Waals surface area contributed by atoms with Crippen molar-refractivity contribution in [3.05, 3.63) is 35.1 Å². The number of alkyl halides is 1. The first-order valence-electron chi connectivity index (χ1n) is 5.71. The van der Waals surface area contributed by atoms with Crippen molar-refractivity contribution in [3.8, 4) is 0 Å². The standard InChI is InChI=1S/C13H17ClFNO2/c1-9-5-10(7-12(15)6-9)13(17)16-4-3-11(14)8-18-2/h5-7,11H,3-4,8H2,1-2H3,(H,16,17). The zero-order valence-corrected chi connectivity index (χ0v) is 11.3. The first-order valence-corrected chi connectivity index (χ1v) is 6.15. The van der Waals surface area contributed by atoms with Gasteiger partial charge in [-0.2, -0.15) is 0 Å². The van der Waals surface area contributed by atoms with Crippen LogP contribution in [0.5, 0.6) is 0 Å². The Kier molecular flexibility index (Phi) is 6.09. The lowest BCUT2D eigenvalue weighted by Gasteiger charge is -2.09. The van der Waals surface area contributed by atoms with Crippen molar-refractivity contribution >= 4 is 17.5 Å². The van der Waals surface area contributed by atoms with Gasteiger partial charge in [0.2, 0.25) is 0 Å². The Morgan fingerprint density at radius 2 is 2.22 bits per heavy atom. The van der Waals surface area contributed by atoms with Gasteiger partial charge in [0.25, 0.3) is 5.91 Å². The lowest BCUT2D eigenvalue weighted by molar-refractivity contribution is 0.0951. The summed E-state index contributed by atoms with van der Waals surface area (Å²) in [5.74, 6) is -0.700. The molecule has 1 aromatic carbocycles. The van der Waals surface area contributed by atoms with E-state index < -0.39 is 5.82 Å². The summed E-state index contributed by atoms with van der Waals surface area (Å²) in [4.78, 5) is 11.7. The van der Waals surface area contributed by atoms with Crippen LogP contribution in [-0.4, -0.2) is 31.5 Å². The molecule has 3 nitrogen and oxygen atoms in total. The first-order chi connectivity index (χ1) is 8.52. The van der Waals surface area contributed by atoms with Gasteiger partial charge < -0.3 is 10.1 Å². The summed E-state index contributed by atoms with van der Waals surface area (Å²) in [6.07, 6.45) is 0.607. The molecule has 0 radical (unpaired) electrons. The van der Waals surface area contributed by atoms with Crippen molar-refractivity contribution in [2.45, 2.75) is 18.7 Å². The molecule has 0 heterocycles. The Bertz CT molecular complexity index is 392. The fraction of sp³-hybridized carbons (Fsp3) is 0.462. The maximum atomic E-state index is 13.1. The van der Waals surface area contributed by atoms with Crippen molar-refractivity contribution in [3.63, 3.8) is 0 Å². The van der Waals surface area contributed by atoms with E-state index >= 15 is 0 Å². The van der Waals surface area contributed by atoms with Crippen LogP contribution in [0.4, 0.5) is 4.39 Å². The van der Waals surface area contributed by atoms with E-state index in [1.54, 1.807) is 20.1 Å². The number of hydrogen-bond donors (Lipinski definition) is 1. The minimum absolute atomic E-state index is 0.135. The number of benzene rings is 1. The number of nitrogens with one attached hydrogen (secondary N) is 1. The van der Waals surface area contributed by atoms with Crippen LogP contribution in [0, 0.1) is 12.7 Å². The highest BCUT2D eigenvalue weighted by Crippen LogP contribution is 2.08. The lowest BCUT2D eigenvalue weighted by atomic mass is 10.1. The van der Waals surface area contributed by atoms with E-state index in [1.807, 2.05) is 0 Å². The third-order valence-corrected chi connectivity index (χ3v) is 2.74. The molecule has 1 atom stereocenters. The molecular formula is C13H17ClFNO2. The Labute approximate surface area is 111 Å². The highest BCUT2D eigenvalue weighted by Gasteiger charge is 2.09. The molecule has 0 aliphatic carbocycles. The van der Waals surface area contributed by atoms with Gasteiger partial charge >= 0.3 is 0 Å². The van der Waals surface area contributed by atoms with Crippen LogP contribution < -0.4 is 5.32 Å². The number of methoxy groups -OCH3 is 1. The van der Waals surface area contributed by atoms with Crippen LogP contribution >= 0.6 is 11.6 Å². The monoisotopic (exact) mass is 273 g/mol. The zero-order valence-electron chi connectivity index (χ0n) is 10.5. The summed E-state index contributed by atoms with van der Waals surface area (Å²) >= 11 is 5.92. The molecular weight excluding hydrogens is 257 g/mol. The van der Waals surface area contributed by atoms with E-state index in [2.05, 4.69) is 5.32 Å². The second-order valence-corrected chi connectivity index (χ2v) is 4.73. The van der Waals surface area contributed by atoms with Crippen LogP contribution in [0.15, 0.2) is 18.2 Å². The average molecular weight is 274 g/mol. The van der Waals surface area contributed by atoms with E-state index in [4.69, 9.17) is 16.3 Å². The maximum Gasteiger partial charge on any atom is 0.251 e. The maximum absolute atomic E-state index is 13.1. The molecule has 0 saturated carbocycles. The number of aryl methyl sites for hydroxylation is 1. The summed E-state index contributed by atoms with van der Waals surface area (Å²) < 4.78 is 18.0. The van der Waals surface area contributed by atoms with E-state index in [-0.39, 0.29) is 11.3 Å². The minimum Gasteiger partial charge on any atom is -0.383 e. The zero-order chi connectivity index (χ0) is 13.5. The molecule has 0 spiro atoms. The van der Waals surface area contributed by atoms with Crippen LogP contribution in [0.2, 0.25) is 0 Å². The van der Waals surface area contributed by atoms with Gasteiger partial charge in [-0.3, -0.25) is 4.79 Å². The minimum atomic E-state index is -0.408. The summed E-state index contributed by atoms with van der Waals surface area (Å²) in [5, 5.41) is 2.56. The first kappa shape index (κ1) is 14.9. The normalized spacial score (nSPS) is 12.2. The number of carbonyl (C=O) groups excluding carboxylic acids is 1. The number of amides is 1. The van der Waals surface area contributed by atoms with E-state index in [9.17, 15) is 9.18 Å². The highest BCUT2D eigenvalue weighted by molar-refractivity contribution is 6.20. The van der Waals surface area contributed by atoms with Crippen molar-refractivity contribution in [1.29, 1.82) is 0 Å². The van der Waals surface area contributed by atoms with Crippen LogP contribution in [0.3, 0.4) is 0 Å². The number of ether oxygens (including phenoxy) is 1. The molecule has 1 amide bonds. The molecule has 100 valence electrons. The van der Waals surface area contributed by atoms with Crippen molar-refractivity contribution in [2.24, 2.45) is 0 Å². The third-order valence-electron chi connectivity index (χ3n) is 2.39.